The van der Waals surface area contributed by atoms with Gasteiger partial charge in [0.2, 0.25) is 0 Å². The molecule has 0 aliphatic heterocycles. The highest BCUT2D eigenvalue weighted by Gasteiger charge is 2.12. The third-order valence-corrected chi connectivity index (χ3v) is 6.02. The fourth-order valence-electron chi connectivity index (χ4n) is 3.54. The molecule has 0 bridgehead atoms. The molecule has 0 unspecified atom stereocenters. The summed E-state index contributed by atoms with van der Waals surface area (Å²) in [5.41, 5.74) is 5.44. The summed E-state index contributed by atoms with van der Waals surface area (Å²) in [6.45, 7) is 4.63. The fraction of sp³-hybridized carbons (Fsp3) is 0.148. The van der Waals surface area contributed by atoms with Gasteiger partial charge in [0.25, 0.3) is 0 Å². The summed E-state index contributed by atoms with van der Waals surface area (Å²) in [5.74, 6) is 1.34. The zero-order valence-corrected chi connectivity index (χ0v) is 19.4. The van der Waals surface area contributed by atoms with E-state index < -0.39 is 0 Å². The van der Waals surface area contributed by atoms with E-state index >= 15 is 0 Å². The van der Waals surface area contributed by atoms with E-state index in [4.69, 9.17) is 9.47 Å². The van der Waals surface area contributed by atoms with Gasteiger partial charge in [-0.2, -0.15) is 0 Å². The molecule has 156 valence electrons. The van der Waals surface area contributed by atoms with Gasteiger partial charge < -0.3 is 9.47 Å². The number of hydrogen-bond acceptors (Lipinski definition) is 3. The smallest absolute Gasteiger partial charge is 0.175 e. The maximum absolute atomic E-state index is 6.19. The summed E-state index contributed by atoms with van der Waals surface area (Å²) in [6.07, 6.45) is 1.85. The molecule has 0 heterocycles. The molecule has 0 amide bonds. The van der Waals surface area contributed by atoms with Gasteiger partial charge in [0.1, 0.15) is 6.61 Å². The van der Waals surface area contributed by atoms with Crippen LogP contribution in [0.3, 0.4) is 0 Å². The number of aryl methyl sites for hydroxylation is 1. The topological polar surface area (TPSA) is 30.8 Å². The molecular weight excluding hydrogens is 450 g/mol. The Kier molecular flexibility index (Phi) is 6.38. The van der Waals surface area contributed by atoms with Gasteiger partial charge in [0, 0.05) is 6.21 Å². The van der Waals surface area contributed by atoms with Gasteiger partial charge >= 0.3 is 0 Å². The largest absolute Gasteiger partial charge is 0.493 e. The van der Waals surface area contributed by atoms with E-state index in [1.54, 1.807) is 7.11 Å². The molecule has 0 spiro atoms. The van der Waals surface area contributed by atoms with Crippen molar-refractivity contribution in [3.05, 3.63) is 99.5 Å². The normalized spacial score (nSPS) is 11.2. The third-order valence-electron chi connectivity index (χ3n) is 5.43. The van der Waals surface area contributed by atoms with Crippen LogP contribution in [0.4, 0.5) is 5.69 Å². The van der Waals surface area contributed by atoms with Gasteiger partial charge in [-0.15, -0.1) is 0 Å². The summed E-state index contributed by atoms with van der Waals surface area (Å²) in [7, 11) is 1.65. The van der Waals surface area contributed by atoms with Crippen LogP contribution in [0.1, 0.15) is 22.3 Å². The van der Waals surface area contributed by atoms with Crippen molar-refractivity contribution >= 4 is 38.6 Å². The summed E-state index contributed by atoms with van der Waals surface area (Å²) in [5, 5.41) is 2.39. The van der Waals surface area contributed by atoms with Crippen LogP contribution in [0, 0.1) is 13.8 Å². The first-order valence-electron chi connectivity index (χ1n) is 10.1. The number of ether oxygens (including phenoxy) is 2. The molecule has 0 aliphatic rings. The lowest BCUT2D eigenvalue weighted by atomic mass is 10.1. The highest BCUT2D eigenvalue weighted by Crippen LogP contribution is 2.37. The summed E-state index contributed by atoms with van der Waals surface area (Å²) in [4.78, 5) is 4.67. The molecule has 0 aromatic heterocycles. The Morgan fingerprint density at radius 3 is 2.55 bits per heavy atom. The molecule has 31 heavy (non-hydrogen) atoms. The maximum Gasteiger partial charge on any atom is 0.175 e. The SMILES string of the molecule is COc1cc(C=Nc2cccc(C)c2C)cc(Br)c1OCc1cccc2ccccc12. The van der Waals surface area contributed by atoms with Crippen molar-refractivity contribution < 1.29 is 9.47 Å². The van der Waals surface area contributed by atoms with E-state index in [0.29, 0.717) is 18.1 Å². The Morgan fingerprint density at radius 1 is 0.935 bits per heavy atom. The van der Waals surface area contributed by atoms with Crippen molar-refractivity contribution in [2.24, 2.45) is 4.99 Å². The Balaban J connectivity index is 1.59. The number of hydrogen-bond donors (Lipinski definition) is 0. The van der Waals surface area contributed by atoms with Crippen LogP contribution < -0.4 is 9.47 Å². The second-order valence-corrected chi connectivity index (χ2v) is 8.29. The van der Waals surface area contributed by atoms with Crippen LogP contribution in [-0.4, -0.2) is 13.3 Å². The molecular formula is C27H24BrNO2. The molecule has 0 atom stereocenters. The summed E-state index contributed by atoms with van der Waals surface area (Å²) in [6, 6.07) is 24.7. The molecule has 4 aromatic rings. The Morgan fingerprint density at radius 2 is 1.71 bits per heavy atom. The minimum absolute atomic E-state index is 0.451. The van der Waals surface area contributed by atoms with Crippen molar-refractivity contribution in [1.82, 2.24) is 0 Å². The Bertz CT molecular complexity index is 1260. The second kappa shape index (κ2) is 9.36. The van der Waals surface area contributed by atoms with Crippen LogP contribution in [0.5, 0.6) is 11.5 Å². The molecule has 4 rings (SSSR count). The first-order chi connectivity index (χ1) is 15.1. The molecule has 0 saturated carbocycles. The number of benzene rings is 4. The Hall–Kier alpha value is -3.11. The van der Waals surface area contributed by atoms with Crippen molar-refractivity contribution in [2.45, 2.75) is 20.5 Å². The molecule has 3 nitrogen and oxygen atoms in total. The predicted molar refractivity (Wildman–Crippen MR) is 132 cm³/mol. The molecule has 0 aliphatic carbocycles. The van der Waals surface area contributed by atoms with Gasteiger partial charge in [-0.05, 0) is 81.0 Å². The predicted octanol–water partition coefficient (Wildman–Crippen LogP) is 7.56. The zero-order valence-electron chi connectivity index (χ0n) is 17.9. The lowest BCUT2D eigenvalue weighted by Crippen LogP contribution is -2.00. The number of fused-ring (bicyclic) bond motifs is 1. The van der Waals surface area contributed by atoms with Crippen LogP contribution in [-0.2, 0) is 6.61 Å². The van der Waals surface area contributed by atoms with Crippen LogP contribution in [0.15, 0.2) is 82.3 Å². The number of halogens is 1. The average molecular weight is 474 g/mol. The van der Waals surface area contributed by atoms with Gasteiger partial charge in [-0.1, -0.05) is 54.6 Å². The number of aliphatic imine (C=N–C) groups is 1. The van der Waals surface area contributed by atoms with Crippen molar-refractivity contribution in [3.8, 4) is 11.5 Å². The third kappa shape index (κ3) is 4.64. The van der Waals surface area contributed by atoms with E-state index in [0.717, 1.165) is 21.3 Å². The summed E-state index contributed by atoms with van der Waals surface area (Å²) < 4.78 is 12.6. The fourth-order valence-corrected chi connectivity index (χ4v) is 4.12. The monoisotopic (exact) mass is 473 g/mol. The lowest BCUT2D eigenvalue weighted by Gasteiger charge is -2.14. The van der Waals surface area contributed by atoms with Crippen molar-refractivity contribution in [3.63, 3.8) is 0 Å². The Labute approximate surface area is 191 Å². The molecule has 4 heteroatoms. The van der Waals surface area contributed by atoms with E-state index in [9.17, 15) is 0 Å². The van der Waals surface area contributed by atoms with Crippen LogP contribution >= 0.6 is 15.9 Å². The lowest BCUT2D eigenvalue weighted by molar-refractivity contribution is 0.283. The van der Waals surface area contributed by atoms with Crippen LogP contribution in [0.25, 0.3) is 10.8 Å². The minimum atomic E-state index is 0.451. The molecule has 0 N–H and O–H groups in total. The van der Waals surface area contributed by atoms with E-state index in [2.05, 4.69) is 71.2 Å². The highest BCUT2D eigenvalue weighted by atomic mass is 79.9. The highest BCUT2D eigenvalue weighted by molar-refractivity contribution is 9.10. The second-order valence-electron chi connectivity index (χ2n) is 7.44. The maximum atomic E-state index is 6.19. The van der Waals surface area contributed by atoms with Crippen molar-refractivity contribution in [1.29, 1.82) is 0 Å². The van der Waals surface area contributed by atoms with Gasteiger partial charge in [-0.3, -0.25) is 4.99 Å². The van der Waals surface area contributed by atoms with E-state index in [-0.39, 0.29) is 0 Å². The minimum Gasteiger partial charge on any atom is -0.493 e. The molecule has 4 aromatic carbocycles. The molecule has 0 saturated heterocycles. The number of rotatable bonds is 6. The first kappa shape index (κ1) is 21.1. The van der Waals surface area contributed by atoms with Gasteiger partial charge in [0.05, 0.1) is 17.3 Å². The van der Waals surface area contributed by atoms with Gasteiger partial charge in [0.15, 0.2) is 11.5 Å². The number of methoxy groups -OCH3 is 1. The van der Waals surface area contributed by atoms with E-state index in [1.165, 1.54) is 21.9 Å². The van der Waals surface area contributed by atoms with Crippen LogP contribution in [0.2, 0.25) is 0 Å². The summed E-state index contributed by atoms with van der Waals surface area (Å²) >= 11 is 3.65. The number of nitrogens with zero attached hydrogens (tertiary/aromatic N) is 1. The first-order valence-corrected chi connectivity index (χ1v) is 10.9. The molecule has 0 radical (unpaired) electrons. The van der Waals surface area contributed by atoms with Gasteiger partial charge in [-0.25, -0.2) is 0 Å². The average Bonchev–Trinajstić information content (AvgIpc) is 2.79. The quantitative estimate of drug-likeness (QED) is 0.270. The standard InChI is InChI=1S/C27H24BrNO2/c1-18-8-6-13-25(19(18)2)29-16-20-14-24(28)27(26(15-20)30-3)31-17-22-11-7-10-21-9-4-5-12-23(21)22/h4-16H,17H2,1-3H3. The molecule has 0 fully saturated rings. The zero-order chi connectivity index (χ0) is 21.8. The van der Waals surface area contributed by atoms with E-state index in [1.807, 2.05) is 42.6 Å². The van der Waals surface area contributed by atoms with Crippen molar-refractivity contribution in [2.75, 3.05) is 7.11 Å².